The minimum Gasteiger partial charge on any atom is -0.496 e. The number of rotatable bonds is 8. The van der Waals surface area contributed by atoms with E-state index in [4.69, 9.17) is 35.8 Å². The molecule has 0 saturated carbocycles. The molecule has 36 heavy (non-hydrogen) atoms. The highest BCUT2D eigenvalue weighted by Gasteiger charge is 2.30. The molecule has 0 radical (unpaired) electrons. The van der Waals surface area contributed by atoms with Crippen LogP contribution in [-0.2, 0) is 9.53 Å². The molecule has 0 unspecified atom stereocenters. The molecule has 4 rings (SSSR count). The van der Waals surface area contributed by atoms with Crippen LogP contribution < -0.4 is 20.1 Å². The first-order valence-electron chi connectivity index (χ1n) is 11.6. The van der Waals surface area contributed by atoms with E-state index in [2.05, 4.69) is 36.0 Å². The summed E-state index contributed by atoms with van der Waals surface area (Å²) < 4.78 is 16.6. The van der Waals surface area contributed by atoms with E-state index >= 15 is 0 Å². The van der Waals surface area contributed by atoms with E-state index in [1.807, 2.05) is 13.0 Å². The number of aromatic nitrogens is 3. The van der Waals surface area contributed by atoms with E-state index < -0.39 is 0 Å². The van der Waals surface area contributed by atoms with Crippen LogP contribution in [0.2, 0.25) is 5.02 Å². The predicted octanol–water partition coefficient (Wildman–Crippen LogP) is 4.28. The third kappa shape index (κ3) is 4.94. The van der Waals surface area contributed by atoms with Gasteiger partial charge in [-0.15, -0.1) is 0 Å². The summed E-state index contributed by atoms with van der Waals surface area (Å²) in [7, 11) is 3.18. The van der Waals surface area contributed by atoms with Gasteiger partial charge in [0.2, 0.25) is 11.9 Å². The van der Waals surface area contributed by atoms with Gasteiger partial charge in [-0.2, -0.15) is 0 Å². The Hall–Kier alpha value is -3.43. The Morgan fingerprint density at radius 2 is 1.92 bits per heavy atom. The molecule has 0 aliphatic carbocycles. The fourth-order valence-corrected chi connectivity index (χ4v) is 4.65. The van der Waals surface area contributed by atoms with Crippen LogP contribution in [0.5, 0.6) is 11.5 Å². The molecule has 0 bridgehead atoms. The van der Waals surface area contributed by atoms with Crippen molar-refractivity contribution in [2.75, 3.05) is 32.8 Å². The van der Waals surface area contributed by atoms with Gasteiger partial charge in [0.05, 0.1) is 61.4 Å². The molecule has 2 N–H and O–H groups in total. The molecule has 2 aromatic heterocycles. The van der Waals surface area contributed by atoms with Crippen LogP contribution in [0.4, 0.5) is 5.95 Å². The van der Waals surface area contributed by atoms with Gasteiger partial charge in [0, 0.05) is 28.8 Å². The number of anilines is 1. The number of carbonyl (C=O) groups excluding carboxylic acids is 1. The van der Waals surface area contributed by atoms with Crippen LogP contribution in [0, 0.1) is 6.92 Å². The summed E-state index contributed by atoms with van der Waals surface area (Å²) in [4.78, 5) is 26.1. The van der Waals surface area contributed by atoms with Crippen LogP contribution in [0.1, 0.15) is 31.0 Å². The molecule has 1 saturated heterocycles. The average Bonchev–Trinajstić information content (AvgIpc) is 3.29. The minimum absolute atomic E-state index is 0.0798. The van der Waals surface area contributed by atoms with E-state index in [1.165, 1.54) is 6.08 Å². The van der Waals surface area contributed by atoms with Gasteiger partial charge in [0.25, 0.3) is 0 Å². The summed E-state index contributed by atoms with van der Waals surface area (Å²) in [6.07, 6.45) is 3.00. The van der Waals surface area contributed by atoms with E-state index in [9.17, 15) is 4.79 Å². The summed E-state index contributed by atoms with van der Waals surface area (Å²) in [6.45, 7) is 10.4. The molecule has 2 atom stereocenters. The molecular formula is C26H30ClN5O4. The molecule has 1 fully saturated rings. The number of nitrogens with zero attached hydrogens (tertiary/aromatic N) is 3. The molecule has 1 aromatic carbocycles. The number of hydrogen-bond donors (Lipinski definition) is 2. The van der Waals surface area contributed by atoms with E-state index in [0.29, 0.717) is 41.4 Å². The lowest BCUT2D eigenvalue weighted by Gasteiger charge is -2.20. The van der Waals surface area contributed by atoms with E-state index in [-0.39, 0.29) is 23.9 Å². The third-order valence-electron chi connectivity index (χ3n) is 6.19. The molecule has 1 amide bonds. The van der Waals surface area contributed by atoms with Crippen molar-refractivity contribution >= 4 is 34.4 Å². The molecule has 9 nitrogen and oxygen atoms in total. The van der Waals surface area contributed by atoms with Crippen molar-refractivity contribution in [3.05, 3.63) is 47.3 Å². The molecule has 3 aromatic rings. The van der Waals surface area contributed by atoms with Crippen molar-refractivity contribution in [2.24, 2.45) is 0 Å². The van der Waals surface area contributed by atoms with Crippen molar-refractivity contribution in [3.8, 4) is 22.8 Å². The van der Waals surface area contributed by atoms with E-state index in [1.54, 1.807) is 26.5 Å². The zero-order chi connectivity index (χ0) is 26.0. The number of ether oxygens (including phenoxy) is 3. The molecule has 3 heterocycles. The molecular weight excluding hydrogens is 482 g/mol. The molecule has 10 heteroatoms. The topological polar surface area (TPSA) is 107 Å². The maximum absolute atomic E-state index is 11.8. The van der Waals surface area contributed by atoms with Gasteiger partial charge < -0.3 is 24.8 Å². The van der Waals surface area contributed by atoms with Crippen LogP contribution in [0.3, 0.4) is 0 Å². The van der Waals surface area contributed by atoms with Gasteiger partial charge >= 0.3 is 0 Å². The number of pyridine rings is 1. The fourth-order valence-electron chi connectivity index (χ4n) is 4.28. The highest BCUT2D eigenvalue weighted by atomic mass is 35.5. The number of carbonyl (C=O) groups is 1. The monoisotopic (exact) mass is 511 g/mol. The molecule has 0 spiro atoms. The number of hydrogen-bond acceptors (Lipinski definition) is 8. The highest BCUT2D eigenvalue weighted by molar-refractivity contribution is 6.35. The number of fused-ring (bicyclic) bond motifs is 1. The summed E-state index contributed by atoms with van der Waals surface area (Å²) in [5.74, 6) is 1.43. The zero-order valence-electron chi connectivity index (χ0n) is 21.0. The second-order valence-electron chi connectivity index (χ2n) is 8.88. The van der Waals surface area contributed by atoms with Gasteiger partial charge in [-0.05, 0) is 25.0 Å². The fraction of sp³-hybridized carbons (Fsp3) is 0.385. The molecule has 1 aliphatic rings. The first kappa shape index (κ1) is 25.7. The summed E-state index contributed by atoms with van der Waals surface area (Å²) in [5.41, 5.74) is 3.83. The maximum Gasteiger partial charge on any atom is 0.243 e. The Morgan fingerprint density at radius 1 is 1.19 bits per heavy atom. The third-order valence-corrected chi connectivity index (χ3v) is 6.56. The van der Waals surface area contributed by atoms with Crippen molar-refractivity contribution in [1.82, 2.24) is 20.3 Å². The van der Waals surface area contributed by atoms with Gasteiger partial charge in [-0.3, -0.25) is 9.78 Å². The normalized spacial score (nSPS) is 17.3. The lowest BCUT2D eigenvalue weighted by molar-refractivity contribution is -0.117. The maximum atomic E-state index is 11.8. The first-order valence-corrected chi connectivity index (χ1v) is 12.0. The number of halogens is 1. The Kier molecular flexibility index (Phi) is 7.61. The molecule has 1 aliphatic heterocycles. The second kappa shape index (κ2) is 10.7. The van der Waals surface area contributed by atoms with Crippen molar-refractivity contribution in [3.63, 3.8) is 0 Å². The predicted molar refractivity (Wildman–Crippen MR) is 140 cm³/mol. The quantitative estimate of drug-likeness (QED) is 0.432. The molecule has 190 valence electrons. The van der Waals surface area contributed by atoms with Crippen LogP contribution in [0.15, 0.2) is 31.0 Å². The largest absolute Gasteiger partial charge is 0.496 e. The van der Waals surface area contributed by atoms with Gasteiger partial charge in [0.15, 0.2) is 0 Å². The Labute approximate surface area is 215 Å². The number of methoxy groups -OCH3 is 2. The summed E-state index contributed by atoms with van der Waals surface area (Å²) in [5, 5.41) is 7.46. The Balaban J connectivity index is 1.76. The van der Waals surface area contributed by atoms with Gasteiger partial charge in [-0.25, -0.2) is 9.97 Å². The Bertz CT molecular complexity index is 1290. The SMILES string of the molecule is C=CC(=O)N[C@H]1COC[C@H]1Nc1ncc2cc(-c3c(C)c(OC)cc(OC)c3Cl)nc(C(C)C)c2n1. The van der Waals surface area contributed by atoms with Crippen molar-refractivity contribution in [2.45, 2.75) is 38.8 Å². The standard InChI is InChI=1S/C26H30ClN5O4/c1-7-21(33)29-17-11-36-12-18(17)31-26-28-10-15-8-16(30-24(13(2)3)25(15)32-26)22-14(4)19(34-5)9-20(35-6)23(22)27/h7-10,13,17-18H,1,11-12H2,2-6H3,(H,29,33)(H,28,31,32)/t17-,18+/m0/s1. The summed E-state index contributed by atoms with van der Waals surface area (Å²) in [6, 6.07) is 3.30. The van der Waals surface area contributed by atoms with E-state index in [0.717, 1.165) is 27.7 Å². The Morgan fingerprint density at radius 3 is 2.58 bits per heavy atom. The number of nitrogens with one attached hydrogen (secondary N) is 2. The van der Waals surface area contributed by atoms with Crippen molar-refractivity contribution < 1.29 is 19.0 Å². The summed E-state index contributed by atoms with van der Waals surface area (Å²) >= 11 is 6.73. The van der Waals surface area contributed by atoms with Gasteiger partial charge in [-0.1, -0.05) is 32.0 Å². The minimum atomic E-state index is -0.251. The lowest BCUT2D eigenvalue weighted by atomic mass is 9.99. The smallest absolute Gasteiger partial charge is 0.243 e. The van der Waals surface area contributed by atoms with Crippen molar-refractivity contribution in [1.29, 1.82) is 0 Å². The van der Waals surface area contributed by atoms with Crippen LogP contribution >= 0.6 is 11.6 Å². The van der Waals surface area contributed by atoms with Crippen LogP contribution in [0.25, 0.3) is 22.2 Å². The highest BCUT2D eigenvalue weighted by Crippen LogP contribution is 2.43. The zero-order valence-corrected chi connectivity index (χ0v) is 21.8. The number of benzene rings is 1. The van der Waals surface area contributed by atoms with Gasteiger partial charge in [0.1, 0.15) is 11.5 Å². The first-order chi connectivity index (χ1) is 17.3. The van der Waals surface area contributed by atoms with Crippen LogP contribution in [-0.4, -0.2) is 60.4 Å². The second-order valence-corrected chi connectivity index (χ2v) is 9.26. The number of amides is 1. The lowest BCUT2D eigenvalue weighted by Crippen LogP contribution is -2.45. The average molecular weight is 512 g/mol.